The van der Waals surface area contributed by atoms with Crippen LogP contribution in [0.2, 0.25) is 5.02 Å². The molecule has 25 heavy (non-hydrogen) atoms. The minimum absolute atomic E-state index is 0.0382. The van der Waals surface area contributed by atoms with Crippen LogP contribution in [0.5, 0.6) is 0 Å². The van der Waals surface area contributed by atoms with E-state index in [0.29, 0.717) is 11.6 Å². The maximum absolute atomic E-state index is 12.1. The first-order valence-electron chi connectivity index (χ1n) is 7.95. The summed E-state index contributed by atoms with van der Waals surface area (Å²) in [6.45, 7) is 2.57. The van der Waals surface area contributed by atoms with Crippen molar-refractivity contribution in [3.05, 3.63) is 65.2 Å². The molecule has 1 amide bonds. The molecule has 2 rings (SSSR count). The fourth-order valence-corrected chi connectivity index (χ4v) is 3.41. The first-order valence-corrected chi connectivity index (χ1v) is 9.81. The van der Waals surface area contributed by atoms with E-state index in [1.807, 2.05) is 37.3 Å². The molecule has 0 radical (unpaired) electrons. The van der Waals surface area contributed by atoms with Crippen molar-refractivity contribution in [2.45, 2.75) is 24.2 Å². The second kappa shape index (κ2) is 8.99. The van der Waals surface area contributed by atoms with Crippen molar-refractivity contribution in [1.82, 2.24) is 10.0 Å². The lowest BCUT2D eigenvalue weighted by atomic mass is 10.0. The number of benzene rings is 2. The molecule has 0 saturated heterocycles. The zero-order valence-electron chi connectivity index (χ0n) is 13.9. The van der Waals surface area contributed by atoms with E-state index in [-0.39, 0.29) is 29.7 Å². The van der Waals surface area contributed by atoms with E-state index in [1.165, 1.54) is 24.3 Å². The molecule has 7 heteroatoms. The monoisotopic (exact) mass is 380 g/mol. The Balaban J connectivity index is 1.75. The smallest absolute Gasteiger partial charge is 0.240 e. The van der Waals surface area contributed by atoms with E-state index >= 15 is 0 Å². The summed E-state index contributed by atoms with van der Waals surface area (Å²) < 4.78 is 26.6. The number of hydrogen-bond donors (Lipinski definition) is 2. The summed E-state index contributed by atoms with van der Waals surface area (Å²) in [6, 6.07) is 15.7. The van der Waals surface area contributed by atoms with Gasteiger partial charge < -0.3 is 5.32 Å². The third-order valence-corrected chi connectivity index (χ3v) is 5.47. The molecule has 1 atom stereocenters. The SMILES string of the molecule is C[C@H](CNC(=O)CCNS(=O)(=O)c1ccc(Cl)cc1)c1ccccc1. The van der Waals surface area contributed by atoms with Crippen LogP contribution in [0.15, 0.2) is 59.5 Å². The molecule has 0 saturated carbocycles. The number of hydrogen-bond acceptors (Lipinski definition) is 3. The third kappa shape index (κ3) is 6.16. The highest BCUT2D eigenvalue weighted by Crippen LogP contribution is 2.14. The standard InChI is InChI=1S/C18H21ClN2O3S/c1-14(15-5-3-2-4-6-15)13-20-18(22)11-12-21-25(23,24)17-9-7-16(19)8-10-17/h2-10,14,21H,11-13H2,1H3,(H,20,22)/t14-/m1/s1. The molecule has 0 bridgehead atoms. The molecular formula is C18H21ClN2O3S. The summed E-state index contributed by atoms with van der Waals surface area (Å²) in [5, 5.41) is 3.29. The van der Waals surface area contributed by atoms with Gasteiger partial charge in [-0.05, 0) is 35.7 Å². The average Bonchev–Trinajstić information content (AvgIpc) is 2.60. The fourth-order valence-electron chi connectivity index (χ4n) is 2.25. The predicted octanol–water partition coefficient (Wildman–Crippen LogP) is 2.93. The van der Waals surface area contributed by atoms with E-state index < -0.39 is 10.0 Å². The van der Waals surface area contributed by atoms with Gasteiger partial charge in [0.15, 0.2) is 0 Å². The second-order valence-electron chi connectivity index (χ2n) is 5.72. The maximum atomic E-state index is 12.1. The number of carbonyl (C=O) groups excluding carboxylic acids is 1. The number of rotatable bonds is 8. The van der Waals surface area contributed by atoms with Crippen LogP contribution in [0, 0.1) is 0 Å². The second-order valence-corrected chi connectivity index (χ2v) is 7.92. The Morgan fingerprint density at radius 3 is 2.36 bits per heavy atom. The van der Waals surface area contributed by atoms with Crippen LogP contribution in [-0.4, -0.2) is 27.4 Å². The first kappa shape index (κ1) is 19.4. The molecule has 0 heterocycles. The van der Waals surface area contributed by atoms with Gasteiger partial charge in [-0.3, -0.25) is 4.79 Å². The Kier molecular flexibility index (Phi) is 6.99. The van der Waals surface area contributed by atoms with Gasteiger partial charge in [0, 0.05) is 24.5 Å². The summed E-state index contributed by atoms with van der Waals surface area (Å²) in [7, 11) is -3.64. The number of nitrogens with one attached hydrogen (secondary N) is 2. The van der Waals surface area contributed by atoms with Crippen molar-refractivity contribution in [3.63, 3.8) is 0 Å². The van der Waals surface area contributed by atoms with Crippen molar-refractivity contribution in [3.8, 4) is 0 Å². The van der Waals surface area contributed by atoms with E-state index in [4.69, 9.17) is 11.6 Å². The van der Waals surface area contributed by atoms with Crippen molar-refractivity contribution in [2.75, 3.05) is 13.1 Å². The molecule has 0 aliphatic carbocycles. The Bertz CT molecular complexity index is 793. The van der Waals surface area contributed by atoms with Crippen molar-refractivity contribution >= 4 is 27.5 Å². The third-order valence-electron chi connectivity index (χ3n) is 3.74. The van der Waals surface area contributed by atoms with Crippen LogP contribution in [0.3, 0.4) is 0 Å². The van der Waals surface area contributed by atoms with Gasteiger partial charge >= 0.3 is 0 Å². The number of amides is 1. The summed E-state index contributed by atoms with van der Waals surface area (Å²) in [6.07, 6.45) is 0.0777. The highest BCUT2D eigenvalue weighted by molar-refractivity contribution is 7.89. The molecule has 5 nitrogen and oxygen atoms in total. The molecular weight excluding hydrogens is 360 g/mol. The van der Waals surface area contributed by atoms with Crippen LogP contribution in [0.4, 0.5) is 0 Å². The molecule has 2 N–H and O–H groups in total. The van der Waals surface area contributed by atoms with Gasteiger partial charge in [0.25, 0.3) is 0 Å². The van der Waals surface area contributed by atoms with Crippen LogP contribution < -0.4 is 10.0 Å². The van der Waals surface area contributed by atoms with Crippen LogP contribution in [0.25, 0.3) is 0 Å². The molecule has 134 valence electrons. The van der Waals surface area contributed by atoms with Crippen molar-refractivity contribution in [1.29, 1.82) is 0 Å². The highest BCUT2D eigenvalue weighted by Gasteiger charge is 2.14. The molecule has 0 unspecified atom stereocenters. The van der Waals surface area contributed by atoms with E-state index in [2.05, 4.69) is 10.0 Å². The summed E-state index contributed by atoms with van der Waals surface area (Å²) >= 11 is 5.74. The summed E-state index contributed by atoms with van der Waals surface area (Å²) in [5.74, 6) is -0.00232. The van der Waals surface area contributed by atoms with E-state index in [1.54, 1.807) is 0 Å². The summed E-state index contributed by atoms with van der Waals surface area (Å²) in [5.41, 5.74) is 1.14. The predicted molar refractivity (Wildman–Crippen MR) is 99.1 cm³/mol. The Hall–Kier alpha value is -1.89. The molecule has 2 aromatic rings. The average molecular weight is 381 g/mol. The minimum atomic E-state index is -3.64. The number of sulfonamides is 1. The van der Waals surface area contributed by atoms with Gasteiger partial charge in [0.05, 0.1) is 4.90 Å². The zero-order chi connectivity index (χ0) is 18.3. The Morgan fingerprint density at radius 1 is 1.08 bits per heavy atom. The lowest BCUT2D eigenvalue weighted by Gasteiger charge is -2.13. The van der Waals surface area contributed by atoms with E-state index in [0.717, 1.165) is 5.56 Å². The quantitative estimate of drug-likeness (QED) is 0.739. The molecule has 0 fully saturated rings. The van der Waals surface area contributed by atoms with Gasteiger partial charge in [0.1, 0.15) is 0 Å². The summed E-state index contributed by atoms with van der Waals surface area (Å²) in [4.78, 5) is 12.0. The van der Waals surface area contributed by atoms with Crippen LogP contribution in [0.1, 0.15) is 24.8 Å². The molecule has 0 aliphatic rings. The fraction of sp³-hybridized carbons (Fsp3) is 0.278. The van der Waals surface area contributed by atoms with Gasteiger partial charge in [-0.1, -0.05) is 48.9 Å². The Labute approximate surface area is 153 Å². The van der Waals surface area contributed by atoms with Gasteiger partial charge in [-0.25, -0.2) is 13.1 Å². The van der Waals surface area contributed by atoms with Crippen LogP contribution in [-0.2, 0) is 14.8 Å². The first-order chi connectivity index (χ1) is 11.9. The zero-order valence-corrected chi connectivity index (χ0v) is 15.5. The minimum Gasteiger partial charge on any atom is -0.355 e. The van der Waals surface area contributed by atoms with Crippen molar-refractivity contribution < 1.29 is 13.2 Å². The van der Waals surface area contributed by atoms with Gasteiger partial charge in [0.2, 0.25) is 15.9 Å². The van der Waals surface area contributed by atoms with Gasteiger partial charge in [-0.15, -0.1) is 0 Å². The van der Waals surface area contributed by atoms with Crippen LogP contribution >= 0.6 is 11.6 Å². The largest absolute Gasteiger partial charge is 0.355 e. The maximum Gasteiger partial charge on any atom is 0.240 e. The van der Waals surface area contributed by atoms with E-state index in [9.17, 15) is 13.2 Å². The molecule has 0 aliphatic heterocycles. The highest BCUT2D eigenvalue weighted by atomic mass is 35.5. The number of halogens is 1. The lowest BCUT2D eigenvalue weighted by Crippen LogP contribution is -2.32. The molecule has 0 aromatic heterocycles. The Morgan fingerprint density at radius 2 is 1.72 bits per heavy atom. The molecule has 0 spiro atoms. The topological polar surface area (TPSA) is 75.3 Å². The normalized spacial score (nSPS) is 12.6. The van der Waals surface area contributed by atoms with Gasteiger partial charge in [-0.2, -0.15) is 0 Å². The molecule has 2 aromatic carbocycles. The van der Waals surface area contributed by atoms with Crippen molar-refractivity contribution in [2.24, 2.45) is 0 Å². The number of carbonyl (C=O) groups is 1. The lowest BCUT2D eigenvalue weighted by molar-refractivity contribution is -0.120.